The molecule has 1 amide bonds. The SMILES string of the molecule is Cc1cc2c(cc1-c1ccc(C(C)C)cc1)CC(C)(C)[C@H]2NC(=O)O[C@H]1CN2CCC1CC2. The smallest absolute Gasteiger partial charge is 0.407 e. The molecule has 176 valence electrons. The summed E-state index contributed by atoms with van der Waals surface area (Å²) in [5.74, 6) is 1.06. The molecule has 2 aromatic rings. The zero-order chi connectivity index (χ0) is 23.3. The minimum Gasteiger partial charge on any atom is -0.445 e. The van der Waals surface area contributed by atoms with Gasteiger partial charge in [0.1, 0.15) is 6.10 Å². The van der Waals surface area contributed by atoms with E-state index in [1.165, 1.54) is 33.4 Å². The molecule has 3 heterocycles. The Bertz CT molecular complexity index is 1030. The van der Waals surface area contributed by atoms with Gasteiger partial charge in [-0.2, -0.15) is 0 Å². The second-order valence-electron chi connectivity index (χ2n) is 11.5. The number of amides is 1. The van der Waals surface area contributed by atoms with Gasteiger partial charge in [0, 0.05) is 6.54 Å². The van der Waals surface area contributed by atoms with E-state index < -0.39 is 0 Å². The molecule has 4 heteroatoms. The van der Waals surface area contributed by atoms with Gasteiger partial charge in [0.05, 0.1) is 6.04 Å². The van der Waals surface area contributed by atoms with E-state index in [4.69, 9.17) is 4.74 Å². The van der Waals surface area contributed by atoms with Crippen molar-refractivity contribution in [2.24, 2.45) is 11.3 Å². The minimum atomic E-state index is -0.259. The van der Waals surface area contributed by atoms with Crippen LogP contribution in [0, 0.1) is 18.3 Å². The van der Waals surface area contributed by atoms with Crippen LogP contribution in [0.4, 0.5) is 4.79 Å². The quantitative estimate of drug-likeness (QED) is 0.605. The lowest BCUT2D eigenvalue weighted by Crippen LogP contribution is -2.53. The van der Waals surface area contributed by atoms with E-state index in [0.717, 1.165) is 38.9 Å². The lowest BCUT2D eigenvalue weighted by Gasteiger charge is -2.44. The first kappa shape index (κ1) is 22.5. The Morgan fingerprint density at radius 1 is 1.12 bits per heavy atom. The molecule has 2 bridgehead atoms. The van der Waals surface area contributed by atoms with Gasteiger partial charge in [-0.15, -0.1) is 0 Å². The topological polar surface area (TPSA) is 41.6 Å². The summed E-state index contributed by atoms with van der Waals surface area (Å²) in [5, 5.41) is 3.26. The maximum atomic E-state index is 12.9. The maximum absolute atomic E-state index is 12.9. The van der Waals surface area contributed by atoms with Crippen molar-refractivity contribution in [1.82, 2.24) is 10.2 Å². The van der Waals surface area contributed by atoms with E-state index in [9.17, 15) is 4.79 Å². The lowest BCUT2D eigenvalue weighted by atomic mass is 9.85. The van der Waals surface area contributed by atoms with Crippen LogP contribution in [0.3, 0.4) is 0 Å². The van der Waals surface area contributed by atoms with Gasteiger partial charge in [-0.25, -0.2) is 4.79 Å². The molecule has 3 aliphatic heterocycles. The predicted molar refractivity (Wildman–Crippen MR) is 133 cm³/mol. The van der Waals surface area contributed by atoms with Crippen LogP contribution in [0.25, 0.3) is 11.1 Å². The van der Waals surface area contributed by atoms with Crippen LogP contribution < -0.4 is 5.32 Å². The third-order valence-electron chi connectivity index (χ3n) is 8.23. The summed E-state index contributed by atoms with van der Waals surface area (Å²) in [6.45, 7) is 14.3. The average Bonchev–Trinajstić information content (AvgIpc) is 3.03. The maximum Gasteiger partial charge on any atom is 0.407 e. The highest BCUT2D eigenvalue weighted by Crippen LogP contribution is 2.47. The van der Waals surface area contributed by atoms with Crippen LogP contribution in [-0.2, 0) is 11.2 Å². The van der Waals surface area contributed by atoms with Gasteiger partial charge in [-0.3, -0.25) is 4.90 Å². The van der Waals surface area contributed by atoms with Gasteiger partial charge in [-0.05, 0) is 89.9 Å². The van der Waals surface area contributed by atoms with Gasteiger partial charge >= 0.3 is 6.09 Å². The van der Waals surface area contributed by atoms with Crippen LogP contribution in [0.5, 0.6) is 0 Å². The molecular weight excluding hydrogens is 408 g/mol. The Balaban J connectivity index is 1.35. The van der Waals surface area contributed by atoms with Gasteiger partial charge in [0.2, 0.25) is 0 Å². The van der Waals surface area contributed by atoms with Crippen molar-refractivity contribution in [3.63, 3.8) is 0 Å². The molecule has 6 rings (SSSR count). The number of benzene rings is 2. The van der Waals surface area contributed by atoms with E-state index in [1.807, 2.05) is 0 Å². The van der Waals surface area contributed by atoms with Crippen LogP contribution in [0.1, 0.15) is 74.8 Å². The third kappa shape index (κ3) is 4.30. The van der Waals surface area contributed by atoms with Crippen LogP contribution >= 0.6 is 0 Å². The summed E-state index contributed by atoms with van der Waals surface area (Å²) in [5.41, 5.74) is 7.69. The summed E-state index contributed by atoms with van der Waals surface area (Å²) in [4.78, 5) is 15.4. The molecular formula is C29H38N2O2. The first-order chi connectivity index (χ1) is 15.7. The Hall–Kier alpha value is -2.33. The van der Waals surface area contributed by atoms with Crippen molar-refractivity contribution < 1.29 is 9.53 Å². The Labute approximate surface area is 198 Å². The Kier molecular flexibility index (Phi) is 5.76. The fraction of sp³-hybridized carbons (Fsp3) is 0.552. The highest BCUT2D eigenvalue weighted by Gasteiger charge is 2.42. The summed E-state index contributed by atoms with van der Waals surface area (Å²) in [6.07, 6.45) is 3.02. The number of carbonyl (C=O) groups excluding carboxylic acids is 1. The number of carbonyl (C=O) groups is 1. The first-order valence-electron chi connectivity index (χ1n) is 12.6. The van der Waals surface area contributed by atoms with E-state index >= 15 is 0 Å². The summed E-state index contributed by atoms with van der Waals surface area (Å²) < 4.78 is 5.96. The molecule has 33 heavy (non-hydrogen) atoms. The number of fused-ring (bicyclic) bond motifs is 4. The molecule has 0 spiro atoms. The van der Waals surface area contributed by atoms with Gasteiger partial charge < -0.3 is 10.1 Å². The number of aryl methyl sites for hydroxylation is 1. The van der Waals surface area contributed by atoms with Crippen molar-refractivity contribution in [2.45, 2.75) is 71.9 Å². The van der Waals surface area contributed by atoms with Crippen LogP contribution in [0.2, 0.25) is 0 Å². The number of ether oxygens (including phenoxy) is 1. The number of piperidine rings is 3. The average molecular weight is 447 g/mol. The molecule has 1 aliphatic carbocycles. The third-order valence-corrected chi connectivity index (χ3v) is 8.23. The van der Waals surface area contributed by atoms with E-state index in [1.54, 1.807) is 0 Å². The highest BCUT2D eigenvalue weighted by molar-refractivity contribution is 5.72. The normalized spacial score (nSPS) is 27.5. The van der Waals surface area contributed by atoms with Crippen molar-refractivity contribution >= 4 is 6.09 Å². The molecule has 3 saturated heterocycles. The van der Waals surface area contributed by atoms with Crippen LogP contribution in [-0.4, -0.2) is 36.7 Å². The summed E-state index contributed by atoms with van der Waals surface area (Å²) in [6, 6.07) is 13.6. The van der Waals surface area contributed by atoms with Crippen molar-refractivity contribution in [3.05, 3.63) is 58.7 Å². The second kappa shape index (κ2) is 8.47. The van der Waals surface area contributed by atoms with Crippen molar-refractivity contribution in [2.75, 3.05) is 19.6 Å². The highest BCUT2D eigenvalue weighted by atomic mass is 16.6. The Morgan fingerprint density at radius 2 is 1.82 bits per heavy atom. The largest absolute Gasteiger partial charge is 0.445 e. The number of alkyl carbamates (subject to hydrolysis) is 1. The fourth-order valence-corrected chi connectivity index (χ4v) is 6.18. The van der Waals surface area contributed by atoms with Gasteiger partial charge in [-0.1, -0.05) is 64.1 Å². The molecule has 0 aromatic heterocycles. The molecule has 0 radical (unpaired) electrons. The van der Waals surface area contributed by atoms with Gasteiger partial charge in [0.15, 0.2) is 0 Å². The molecule has 0 unspecified atom stereocenters. The summed E-state index contributed by atoms with van der Waals surface area (Å²) >= 11 is 0. The van der Waals surface area contributed by atoms with Crippen molar-refractivity contribution in [1.29, 1.82) is 0 Å². The number of rotatable bonds is 4. The van der Waals surface area contributed by atoms with E-state index in [0.29, 0.717) is 11.8 Å². The predicted octanol–water partition coefficient (Wildman–Crippen LogP) is 6.23. The molecule has 2 aromatic carbocycles. The van der Waals surface area contributed by atoms with Crippen molar-refractivity contribution in [3.8, 4) is 11.1 Å². The second-order valence-corrected chi connectivity index (χ2v) is 11.5. The number of nitrogens with one attached hydrogen (secondary N) is 1. The standard InChI is InChI=1S/C29H38N2O2/c1-18(2)20-6-8-21(9-7-20)24-15-23-16-29(4,5)27(25(23)14-19(24)3)30-28(32)33-26-17-31-12-10-22(26)11-13-31/h6-9,14-15,18,22,26-27H,10-13,16-17H2,1-5H3,(H,30,32)/t26-,27-/m0/s1. The zero-order valence-electron chi connectivity index (χ0n) is 20.8. The molecule has 3 fully saturated rings. The molecule has 4 aliphatic rings. The van der Waals surface area contributed by atoms with E-state index in [2.05, 4.69) is 81.2 Å². The lowest BCUT2D eigenvalue weighted by molar-refractivity contribution is -0.0348. The van der Waals surface area contributed by atoms with E-state index in [-0.39, 0.29) is 23.7 Å². The van der Waals surface area contributed by atoms with Gasteiger partial charge in [0.25, 0.3) is 0 Å². The summed E-state index contributed by atoms with van der Waals surface area (Å²) in [7, 11) is 0. The number of hydrogen-bond acceptors (Lipinski definition) is 3. The first-order valence-corrected chi connectivity index (χ1v) is 12.6. The monoisotopic (exact) mass is 446 g/mol. The molecule has 1 N–H and O–H groups in total. The Morgan fingerprint density at radius 3 is 2.42 bits per heavy atom. The fourth-order valence-electron chi connectivity index (χ4n) is 6.18. The number of nitrogens with zero attached hydrogens (tertiary/aromatic N) is 1. The molecule has 0 saturated carbocycles. The minimum absolute atomic E-state index is 0.0304. The molecule has 4 nitrogen and oxygen atoms in total. The van der Waals surface area contributed by atoms with Crippen LogP contribution in [0.15, 0.2) is 36.4 Å². The number of hydrogen-bond donors (Lipinski definition) is 1. The molecule has 2 atom stereocenters. The zero-order valence-corrected chi connectivity index (χ0v) is 20.8.